The molecule has 0 spiro atoms. The Hall–Kier alpha value is -1.82. The van der Waals surface area contributed by atoms with Crippen molar-refractivity contribution < 1.29 is 19.1 Å². The zero-order valence-corrected chi connectivity index (χ0v) is 9.94. The van der Waals surface area contributed by atoms with Gasteiger partial charge in [-0.25, -0.2) is 4.79 Å². The highest BCUT2D eigenvalue weighted by molar-refractivity contribution is 5.84. The number of carbonyl (C=O) groups excluding carboxylic acids is 1. The molecule has 1 saturated carbocycles. The molecule has 1 heterocycles. The third-order valence-electron chi connectivity index (χ3n) is 2.64. The Morgan fingerprint density at radius 3 is 2.78 bits per heavy atom. The van der Waals surface area contributed by atoms with E-state index in [1.165, 1.54) is 6.07 Å². The van der Waals surface area contributed by atoms with Crippen molar-refractivity contribution >= 4 is 11.9 Å². The largest absolute Gasteiger partial charge is 0.475 e. The van der Waals surface area contributed by atoms with E-state index in [0.29, 0.717) is 31.3 Å². The molecule has 0 aliphatic heterocycles. The van der Waals surface area contributed by atoms with Crippen LogP contribution in [0.15, 0.2) is 16.5 Å². The Bertz CT molecular complexity index is 437. The topological polar surface area (TPSA) is 91.6 Å². The number of carboxylic acids is 1. The summed E-state index contributed by atoms with van der Waals surface area (Å²) < 4.78 is 5.06. The molecule has 0 atom stereocenters. The van der Waals surface area contributed by atoms with Gasteiger partial charge in [0.15, 0.2) is 0 Å². The van der Waals surface area contributed by atoms with Gasteiger partial charge in [0.25, 0.3) is 0 Å². The third-order valence-corrected chi connectivity index (χ3v) is 2.64. The maximum Gasteiger partial charge on any atom is 0.371 e. The molecular formula is C12H16N2O4. The van der Waals surface area contributed by atoms with Gasteiger partial charge in [0.1, 0.15) is 5.76 Å². The minimum absolute atomic E-state index is 0.0515. The predicted octanol–water partition coefficient (Wildman–Crippen LogP) is 0.736. The second kappa shape index (κ2) is 5.68. The molecule has 1 aromatic heterocycles. The van der Waals surface area contributed by atoms with E-state index >= 15 is 0 Å². The van der Waals surface area contributed by atoms with Gasteiger partial charge in [0, 0.05) is 19.0 Å². The molecule has 98 valence electrons. The van der Waals surface area contributed by atoms with Crippen molar-refractivity contribution in [1.29, 1.82) is 0 Å². The fourth-order valence-electron chi connectivity index (χ4n) is 1.53. The zero-order valence-electron chi connectivity index (χ0n) is 9.94. The third kappa shape index (κ3) is 3.89. The summed E-state index contributed by atoms with van der Waals surface area (Å²) in [5.74, 6) is -0.547. The Labute approximate surface area is 104 Å². The van der Waals surface area contributed by atoms with E-state index in [1.807, 2.05) is 0 Å². The Kier molecular flexibility index (Phi) is 3.99. The Morgan fingerprint density at radius 1 is 1.39 bits per heavy atom. The van der Waals surface area contributed by atoms with Crippen molar-refractivity contribution in [2.24, 2.45) is 0 Å². The van der Waals surface area contributed by atoms with Gasteiger partial charge in [-0.15, -0.1) is 0 Å². The van der Waals surface area contributed by atoms with Crippen LogP contribution in [0.3, 0.4) is 0 Å². The van der Waals surface area contributed by atoms with E-state index in [0.717, 1.165) is 12.8 Å². The number of carboxylic acid groups (broad SMARTS) is 1. The normalized spacial score (nSPS) is 14.4. The van der Waals surface area contributed by atoms with Crippen LogP contribution in [-0.4, -0.2) is 29.6 Å². The van der Waals surface area contributed by atoms with E-state index in [1.54, 1.807) is 6.07 Å². The first-order valence-corrected chi connectivity index (χ1v) is 5.97. The minimum Gasteiger partial charge on any atom is -0.475 e. The highest BCUT2D eigenvalue weighted by atomic mass is 16.4. The fraction of sp³-hybridized carbons (Fsp3) is 0.500. The van der Waals surface area contributed by atoms with Crippen LogP contribution in [0.4, 0.5) is 0 Å². The molecule has 0 bridgehead atoms. The molecule has 18 heavy (non-hydrogen) atoms. The van der Waals surface area contributed by atoms with Gasteiger partial charge in [-0.2, -0.15) is 0 Å². The number of carbonyl (C=O) groups is 2. The van der Waals surface area contributed by atoms with Crippen LogP contribution in [-0.2, 0) is 11.3 Å². The number of nitrogens with one attached hydrogen (secondary N) is 2. The van der Waals surface area contributed by atoms with E-state index in [2.05, 4.69) is 10.6 Å². The van der Waals surface area contributed by atoms with Crippen LogP contribution in [0.1, 0.15) is 35.6 Å². The lowest BCUT2D eigenvalue weighted by Crippen LogP contribution is -2.28. The average molecular weight is 252 g/mol. The first kappa shape index (κ1) is 12.6. The summed E-state index contributed by atoms with van der Waals surface area (Å²) in [5, 5.41) is 14.6. The molecule has 1 aliphatic carbocycles. The number of furan rings is 1. The molecule has 3 N–H and O–H groups in total. The zero-order chi connectivity index (χ0) is 13.0. The van der Waals surface area contributed by atoms with Gasteiger partial charge in [-0.05, 0) is 25.0 Å². The Morgan fingerprint density at radius 2 is 2.17 bits per heavy atom. The van der Waals surface area contributed by atoms with Crippen LogP contribution < -0.4 is 10.6 Å². The van der Waals surface area contributed by atoms with Crippen LogP contribution in [0, 0.1) is 0 Å². The highest BCUT2D eigenvalue weighted by Crippen LogP contribution is 2.18. The lowest BCUT2D eigenvalue weighted by Gasteiger charge is -2.03. The first-order chi connectivity index (χ1) is 8.65. The molecule has 1 amide bonds. The second-order valence-electron chi connectivity index (χ2n) is 4.34. The molecule has 6 nitrogen and oxygen atoms in total. The number of aromatic carboxylic acids is 1. The van der Waals surface area contributed by atoms with Crippen molar-refractivity contribution in [1.82, 2.24) is 10.6 Å². The SMILES string of the molecule is O=C(CCNCc1ccc(C(=O)O)o1)NC1CC1. The molecule has 1 fully saturated rings. The summed E-state index contributed by atoms with van der Waals surface area (Å²) in [6.07, 6.45) is 2.59. The molecule has 0 aromatic carbocycles. The first-order valence-electron chi connectivity index (χ1n) is 5.97. The van der Waals surface area contributed by atoms with Gasteiger partial charge in [0.2, 0.25) is 11.7 Å². The average Bonchev–Trinajstić information content (AvgIpc) is 2.99. The van der Waals surface area contributed by atoms with E-state index in [9.17, 15) is 9.59 Å². The van der Waals surface area contributed by atoms with Gasteiger partial charge >= 0.3 is 5.97 Å². The van der Waals surface area contributed by atoms with Crippen LogP contribution >= 0.6 is 0 Å². The van der Waals surface area contributed by atoms with Gasteiger partial charge in [-0.3, -0.25) is 4.79 Å². The summed E-state index contributed by atoms with van der Waals surface area (Å²) in [6.45, 7) is 0.964. The van der Waals surface area contributed by atoms with Crippen molar-refractivity contribution in [2.45, 2.75) is 31.8 Å². The standard InChI is InChI=1S/C12H16N2O4/c15-11(14-8-1-2-8)5-6-13-7-9-3-4-10(18-9)12(16)17/h3-4,8,13H,1-2,5-7H2,(H,14,15)(H,16,17). The molecule has 1 aromatic rings. The van der Waals surface area contributed by atoms with E-state index in [4.69, 9.17) is 9.52 Å². The van der Waals surface area contributed by atoms with Crippen LogP contribution in [0.2, 0.25) is 0 Å². The van der Waals surface area contributed by atoms with Crippen LogP contribution in [0.5, 0.6) is 0 Å². The van der Waals surface area contributed by atoms with Crippen LogP contribution in [0.25, 0.3) is 0 Å². The fourth-order valence-corrected chi connectivity index (χ4v) is 1.53. The van der Waals surface area contributed by atoms with E-state index < -0.39 is 5.97 Å². The van der Waals surface area contributed by atoms with Gasteiger partial charge in [0.05, 0.1) is 6.54 Å². The molecule has 0 saturated heterocycles. The second-order valence-corrected chi connectivity index (χ2v) is 4.34. The van der Waals surface area contributed by atoms with E-state index in [-0.39, 0.29) is 11.7 Å². The number of rotatable bonds is 7. The minimum atomic E-state index is -1.08. The summed E-state index contributed by atoms with van der Waals surface area (Å²) in [5.41, 5.74) is 0. The molecule has 0 unspecified atom stereocenters. The quantitative estimate of drug-likeness (QED) is 0.622. The van der Waals surface area contributed by atoms with Crippen molar-refractivity contribution in [3.63, 3.8) is 0 Å². The number of hydrogen-bond acceptors (Lipinski definition) is 4. The molecule has 6 heteroatoms. The highest BCUT2D eigenvalue weighted by Gasteiger charge is 2.22. The number of amides is 1. The van der Waals surface area contributed by atoms with Crippen molar-refractivity contribution in [3.05, 3.63) is 23.7 Å². The lowest BCUT2D eigenvalue weighted by atomic mass is 10.3. The monoisotopic (exact) mass is 252 g/mol. The number of hydrogen-bond donors (Lipinski definition) is 3. The van der Waals surface area contributed by atoms with Crippen molar-refractivity contribution in [3.8, 4) is 0 Å². The van der Waals surface area contributed by atoms with Gasteiger partial charge in [-0.1, -0.05) is 0 Å². The van der Waals surface area contributed by atoms with Crippen molar-refractivity contribution in [2.75, 3.05) is 6.54 Å². The predicted molar refractivity (Wildman–Crippen MR) is 63.2 cm³/mol. The summed E-state index contributed by atoms with van der Waals surface area (Å²) >= 11 is 0. The smallest absolute Gasteiger partial charge is 0.371 e. The lowest BCUT2D eigenvalue weighted by molar-refractivity contribution is -0.121. The molecule has 0 radical (unpaired) electrons. The summed E-state index contributed by atoms with van der Waals surface area (Å²) in [6, 6.07) is 3.42. The van der Waals surface area contributed by atoms with Gasteiger partial charge < -0.3 is 20.2 Å². The molecule has 2 rings (SSSR count). The summed E-state index contributed by atoms with van der Waals surface area (Å²) in [7, 11) is 0. The maximum absolute atomic E-state index is 11.3. The molecular weight excluding hydrogens is 236 g/mol. The summed E-state index contributed by atoms with van der Waals surface area (Å²) in [4.78, 5) is 21.9. The molecule has 1 aliphatic rings. The maximum atomic E-state index is 11.3. The Balaban J connectivity index is 1.61.